The Hall–Kier alpha value is -5.52. The third-order valence-corrected chi connectivity index (χ3v) is 8.11. The molecule has 0 aliphatic carbocycles. The number of guanidine groups is 2. The molecule has 5 atom stereocenters. The lowest BCUT2D eigenvalue weighted by molar-refractivity contribution is -0.142. The highest BCUT2D eigenvalue weighted by Gasteiger charge is 2.39. The summed E-state index contributed by atoms with van der Waals surface area (Å²) in [6.07, 6.45) is 6.07. The number of benzene rings is 1. The van der Waals surface area contributed by atoms with E-state index in [9.17, 15) is 24.0 Å². The van der Waals surface area contributed by atoms with E-state index in [1.807, 2.05) is 30.3 Å². The summed E-state index contributed by atoms with van der Waals surface area (Å²) >= 11 is 0. The molecule has 0 spiro atoms. The molecule has 1 aromatic heterocycles. The number of nitrogens with two attached hydrogens (primary N) is 5. The van der Waals surface area contributed by atoms with E-state index in [4.69, 9.17) is 28.7 Å². The quantitative estimate of drug-likeness (QED) is 0.0296. The lowest BCUT2D eigenvalue weighted by Crippen LogP contribution is -2.58. The van der Waals surface area contributed by atoms with E-state index in [-0.39, 0.29) is 57.2 Å². The first kappa shape index (κ1) is 38.9. The van der Waals surface area contributed by atoms with Crippen molar-refractivity contribution in [3.8, 4) is 0 Å². The molecule has 1 aliphatic rings. The van der Waals surface area contributed by atoms with Gasteiger partial charge in [0, 0.05) is 44.4 Å². The Morgan fingerprint density at radius 3 is 2.22 bits per heavy atom. The third kappa shape index (κ3) is 12.8. The average Bonchev–Trinajstić information content (AvgIpc) is 3.80. The predicted molar refractivity (Wildman–Crippen MR) is 187 cm³/mol. The number of aromatic amines is 1. The Kier molecular flexibility index (Phi) is 15.6. The number of imidazole rings is 1. The topological polar surface area (TPSA) is 308 Å². The minimum atomic E-state index is -1.06. The van der Waals surface area contributed by atoms with Gasteiger partial charge < -0.3 is 59.3 Å². The first-order valence-corrected chi connectivity index (χ1v) is 16.5. The van der Waals surface area contributed by atoms with Crippen LogP contribution in [-0.2, 0) is 36.8 Å². The molecule has 1 aliphatic heterocycles. The first-order chi connectivity index (χ1) is 24.0. The van der Waals surface area contributed by atoms with Gasteiger partial charge in [-0.25, -0.2) is 4.98 Å². The maximum Gasteiger partial charge on any atom is 0.245 e. The zero-order valence-electron chi connectivity index (χ0n) is 28.0. The number of amides is 4. The van der Waals surface area contributed by atoms with Crippen molar-refractivity contribution in [3.05, 3.63) is 54.1 Å². The summed E-state index contributed by atoms with van der Waals surface area (Å²) in [6, 6.07) is 4.30. The molecular weight excluding hydrogens is 646 g/mol. The summed E-state index contributed by atoms with van der Waals surface area (Å²) in [5.41, 5.74) is 29.1. The minimum absolute atomic E-state index is 0.0684. The molecule has 2 heterocycles. The second-order valence-corrected chi connectivity index (χ2v) is 12.0. The number of aliphatic imine (C=N–C) groups is 2. The molecule has 2 aromatic rings. The molecule has 50 heavy (non-hydrogen) atoms. The number of nitrogens with zero attached hydrogens (tertiary/aromatic N) is 4. The number of carbonyl (C=O) groups is 5. The summed E-state index contributed by atoms with van der Waals surface area (Å²) in [5.74, 6) is -2.29. The molecule has 4 amide bonds. The van der Waals surface area contributed by atoms with Gasteiger partial charge >= 0.3 is 0 Å². The maximum absolute atomic E-state index is 14.0. The highest BCUT2D eigenvalue weighted by molar-refractivity contribution is 5.95. The van der Waals surface area contributed by atoms with Crippen molar-refractivity contribution in [2.45, 2.75) is 81.6 Å². The molecule has 5 unspecified atom stereocenters. The lowest BCUT2D eigenvalue weighted by atomic mass is 10.0. The van der Waals surface area contributed by atoms with E-state index >= 15 is 0 Å². The van der Waals surface area contributed by atoms with Crippen LogP contribution in [0.1, 0.15) is 49.8 Å². The van der Waals surface area contributed by atoms with Crippen LogP contribution in [0, 0.1) is 0 Å². The summed E-state index contributed by atoms with van der Waals surface area (Å²) in [5, 5.41) is 8.27. The molecule has 3 rings (SSSR count). The normalized spacial score (nSPS) is 16.3. The molecule has 18 nitrogen and oxygen atoms in total. The molecule has 0 bridgehead atoms. The van der Waals surface area contributed by atoms with Crippen LogP contribution in [0.5, 0.6) is 0 Å². The fraction of sp³-hybridized carbons (Fsp3) is 0.500. The zero-order valence-corrected chi connectivity index (χ0v) is 28.0. The zero-order chi connectivity index (χ0) is 36.5. The fourth-order valence-corrected chi connectivity index (χ4v) is 5.57. The summed E-state index contributed by atoms with van der Waals surface area (Å²) < 4.78 is 0. The molecule has 1 saturated heterocycles. The standard InChI is InChI=1S/C32H49N13O5/c33-23(9-4-12-39-31(34)35)27(47)43-24(10-5-13-40-32(36)37)30(50)45-14-6-11-26(45)29(49)44-25(15-20-7-2-1-3-8-20)28(48)42-22(18-46)16-21-17-38-19-41-21/h1-3,7-8,17-19,22-26H,4-6,9-16,33H2,(H,38,41)(H,42,48)(H,43,47)(H,44,49)(H4,34,35,39)(H4,36,37,40). The van der Waals surface area contributed by atoms with E-state index in [2.05, 4.69) is 35.9 Å². The average molecular weight is 696 g/mol. The summed E-state index contributed by atoms with van der Waals surface area (Å²) in [7, 11) is 0. The van der Waals surface area contributed by atoms with Crippen LogP contribution < -0.4 is 44.6 Å². The number of rotatable bonds is 20. The van der Waals surface area contributed by atoms with Crippen molar-refractivity contribution in [1.82, 2.24) is 30.8 Å². The van der Waals surface area contributed by atoms with E-state index in [0.717, 1.165) is 5.56 Å². The number of aldehydes is 1. The second kappa shape index (κ2) is 20.1. The Morgan fingerprint density at radius 2 is 1.60 bits per heavy atom. The smallest absolute Gasteiger partial charge is 0.245 e. The highest BCUT2D eigenvalue weighted by Crippen LogP contribution is 2.20. The van der Waals surface area contributed by atoms with Crippen molar-refractivity contribution < 1.29 is 24.0 Å². The number of hydrogen-bond acceptors (Lipinski definition) is 9. The summed E-state index contributed by atoms with van der Waals surface area (Å²) in [6.45, 7) is 0.766. The maximum atomic E-state index is 14.0. The fourth-order valence-electron chi connectivity index (χ4n) is 5.57. The van der Waals surface area contributed by atoms with Crippen LogP contribution in [0.4, 0.5) is 0 Å². The van der Waals surface area contributed by atoms with Gasteiger partial charge in [0.05, 0.1) is 18.4 Å². The van der Waals surface area contributed by atoms with Crippen molar-refractivity contribution in [2.75, 3.05) is 19.6 Å². The van der Waals surface area contributed by atoms with Gasteiger partial charge in [-0.1, -0.05) is 30.3 Å². The van der Waals surface area contributed by atoms with Crippen LogP contribution in [0.2, 0.25) is 0 Å². The van der Waals surface area contributed by atoms with Gasteiger partial charge in [-0.2, -0.15) is 0 Å². The number of H-pyrrole nitrogens is 1. The van der Waals surface area contributed by atoms with Gasteiger partial charge in [0.2, 0.25) is 23.6 Å². The number of nitrogens with one attached hydrogen (secondary N) is 4. The SMILES string of the molecule is NC(N)=NCCCC(N)C(=O)NC(CCCN=C(N)N)C(=O)N1CCCC1C(=O)NC(Cc1ccccc1)C(=O)NC(C=O)Cc1cnc[nH]1. The Labute approximate surface area is 290 Å². The van der Waals surface area contributed by atoms with E-state index in [1.54, 1.807) is 6.20 Å². The molecule has 1 fully saturated rings. The Morgan fingerprint density at radius 1 is 0.920 bits per heavy atom. The van der Waals surface area contributed by atoms with Crippen LogP contribution in [0.25, 0.3) is 0 Å². The van der Waals surface area contributed by atoms with Gasteiger partial charge in [-0.05, 0) is 44.1 Å². The number of hydrogen-bond donors (Lipinski definition) is 9. The van der Waals surface area contributed by atoms with Crippen LogP contribution in [0.3, 0.4) is 0 Å². The van der Waals surface area contributed by atoms with Crippen LogP contribution in [-0.4, -0.2) is 107 Å². The summed E-state index contributed by atoms with van der Waals surface area (Å²) in [4.78, 5) is 82.3. The third-order valence-electron chi connectivity index (χ3n) is 8.11. The van der Waals surface area contributed by atoms with Crippen molar-refractivity contribution in [3.63, 3.8) is 0 Å². The van der Waals surface area contributed by atoms with Crippen LogP contribution in [0.15, 0.2) is 52.8 Å². The van der Waals surface area contributed by atoms with Crippen molar-refractivity contribution >= 4 is 41.8 Å². The van der Waals surface area contributed by atoms with Crippen LogP contribution >= 0.6 is 0 Å². The van der Waals surface area contributed by atoms with Crippen molar-refractivity contribution in [2.24, 2.45) is 38.7 Å². The van der Waals surface area contributed by atoms with E-state index in [1.165, 1.54) is 11.2 Å². The number of aromatic nitrogens is 2. The molecule has 14 N–H and O–H groups in total. The van der Waals surface area contributed by atoms with Gasteiger partial charge in [0.1, 0.15) is 24.4 Å². The van der Waals surface area contributed by atoms with Crippen molar-refractivity contribution in [1.29, 1.82) is 0 Å². The van der Waals surface area contributed by atoms with Gasteiger partial charge in [-0.15, -0.1) is 0 Å². The van der Waals surface area contributed by atoms with E-state index < -0.39 is 53.8 Å². The van der Waals surface area contributed by atoms with Gasteiger partial charge in [0.25, 0.3) is 0 Å². The number of likely N-dealkylation sites (tertiary alicyclic amines) is 1. The Balaban J connectivity index is 1.74. The molecular formula is C32H49N13O5. The Bertz CT molecular complexity index is 1460. The van der Waals surface area contributed by atoms with E-state index in [0.29, 0.717) is 37.7 Å². The number of carbonyl (C=O) groups excluding carboxylic acids is 5. The molecule has 272 valence electrons. The molecule has 1 aromatic carbocycles. The first-order valence-electron chi connectivity index (χ1n) is 16.5. The molecule has 0 saturated carbocycles. The second-order valence-electron chi connectivity index (χ2n) is 12.0. The van der Waals surface area contributed by atoms with Gasteiger partial charge in [-0.3, -0.25) is 29.2 Å². The molecule has 18 heteroatoms. The highest BCUT2D eigenvalue weighted by atomic mass is 16.2. The monoisotopic (exact) mass is 695 g/mol. The minimum Gasteiger partial charge on any atom is -0.370 e. The molecule has 0 radical (unpaired) electrons. The van der Waals surface area contributed by atoms with Gasteiger partial charge in [0.15, 0.2) is 11.9 Å². The lowest BCUT2D eigenvalue weighted by Gasteiger charge is -2.30. The predicted octanol–water partition coefficient (Wildman–Crippen LogP) is -2.73. The largest absolute Gasteiger partial charge is 0.370 e.